The SMILES string of the molecule is O=C(Cn1nnc2ccccc2c1=O)OCCc1ccccc1. The molecule has 0 N–H and O–H groups in total. The molecule has 1 aromatic heterocycles. The van der Waals surface area contributed by atoms with E-state index in [0.29, 0.717) is 17.3 Å². The van der Waals surface area contributed by atoms with Crippen molar-refractivity contribution in [2.45, 2.75) is 13.0 Å². The highest BCUT2D eigenvalue weighted by atomic mass is 16.5. The second kappa shape index (κ2) is 6.83. The lowest BCUT2D eigenvalue weighted by atomic mass is 10.2. The quantitative estimate of drug-likeness (QED) is 0.669. The first kappa shape index (κ1) is 14.9. The van der Waals surface area contributed by atoms with Gasteiger partial charge in [-0.25, -0.2) is 0 Å². The lowest BCUT2D eigenvalue weighted by Crippen LogP contribution is -2.28. The predicted octanol–water partition coefficient (Wildman–Crippen LogP) is 1.58. The number of carbonyl (C=O) groups excluding carboxylic acids is 1. The summed E-state index contributed by atoms with van der Waals surface area (Å²) in [4.78, 5) is 24.1. The number of fused-ring (bicyclic) bond motifs is 1. The van der Waals surface area contributed by atoms with Crippen molar-refractivity contribution in [1.82, 2.24) is 15.0 Å². The average Bonchev–Trinajstić information content (AvgIpc) is 2.59. The Bertz CT molecular complexity index is 875. The minimum absolute atomic E-state index is 0.245. The van der Waals surface area contributed by atoms with Gasteiger partial charge in [-0.1, -0.05) is 47.7 Å². The largest absolute Gasteiger partial charge is 0.464 e. The van der Waals surface area contributed by atoms with Gasteiger partial charge < -0.3 is 4.74 Å². The summed E-state index contributed by atoms with van der Waals surface area (Å²) < 4.78 is 6.17. The zero-order valence-electron chi connectivity index (χ0n) is 12.4. The van der Waals surface area contributed by atoms with Crippen LogP contribution in [0.1, 0.15) is 5.56 Å². The zero-order valence-corrected chi connectivity index (χ0v) is 12.4. The van der Waals surface area contributed by atoms with Crippen LogP contribution in [0.5, 0.6) is 0 Å². The summed E-state index contributed by atoms with van der Waals surface area (Å²) in [5.74, 6) is -0.507. The fourth-order valence-corrected chi connectivity index (χ4v) is 2.22. The van der Waals surface area contributed by atoms with E-state index in [1.807, 2.05) is 30.3 Å². The maximum atomic E-state index is 12.2. The molecule has 0 bridgehead atoms. The van der Waals surface area contributed by atoms with E-state index in [4.69, 9.17) is 4.74 Å². The Balaban J connectivity index is 1.62. The second-order valence-corrected chi connectivity index (χ2v) is 5.03. The highest BCUT2D eigenvalue weighted by Crippen LogP contribution is 2.03. The van der Waals surface area contributed by atoms with Crippen LogP contribution in [0, 0.1) is 0 Å². The summed E-state index contributed by atoms with van der Waals surface area (Å²) >= 11 is 0. The Morgan fingerprint density at radius 1 is 1.04 bits per heavy atom. The number of aromatic nitrogens is 3. The van der Waals surface area contributed by atoms with Crippen LogP contribution in [0.4, 0.5) is 0 Å². The van der Waals surface area contributed by atoms with Gasteiger partial charge in [0.1, 0.15) is 12.1 Å². The average molecular weight is 309 g/mol. The summed E-state index contributed by atoms with van der Waals surface area (Å²) in [5, 5.41) is 8.12. The van der Waals surface area contributed by atoms with Gasteiger partial charge >= 0.3 is 5.97 Å². The van der Waals surface area contributed by atoms with Gasteiger partial charge in [0, 0.05) is 6.42 Å². The van der Waals surface area contributed by atoms with Crippen molar-refractivity contribution >= 4 is 16.9 Å². The monoisotopic (exact) mass is 309 g/mol. The summed E-state index contributed by atoms with van der Waals surface area (Å²) in [5.41, 5.74) is 1.24. The summed E-state index contributed by atoms with van der Waals surface area (Å²) in [6.45, 7) is 0.0179. The van der Waals surface area contributed by atoms with Crippen molar-refractivity contribution < 1.29 is 9.53 Å². The molecule has 0 atom stereocenters. The Morgan fingerprint density at radius 2 is 1.78 bits per heavy atom. The second-order valence-electron chi connectivity index (χ2n) is 5.03. The van der Waals surface area contributed by atoms with Gasteiger partial charge in [-0.15, -0.1) is 5.10 Å². The fraction of sp³-hybridized carbons (Fsp3) is 0.176. The van der Waals surface area contributed by atoms with Crippen molar-refractivity contribution in [3.05, 3.63) is 70.5 Å². The van der Waals surface area contributed by atoms with E-state index in [1.165, 1.54) is 0 Å². The van der Waals surface area contributed by atoms with Gasteiger partial charge in [-0.3, -0.25) is 9.59 Å². The Morgan fingerprint density at radius 3 is 2.61 bits per heavy atom. The predicted molar refractivity (Wildman–Crippen MR) is 84.9 cm³/mol. The summed E-state index contributed by atoms with van der Waals surface area (Å²) in [6, 6.07) is 16.6. The molecule has 3 rings (SSSR count). The van der Waals surface area contributed by atoms with Crippen LogP contribution < -0.4 is 5.56 Å². The van der Waals surface area contributed by atoms with Crippen molar-refractivity contribution in [2.75, 3.05) is 6.61 Å². The van der Waals surface area contributed by atoms with Crippen LogP contribution >= 0.6 is 0 Å². The van der Waals surface area contributed by atoms with Crippen molar-refractivity contribution in [3.8, 4) is 0 Å². The highest BCUT2D eigenvalue weighted by Gasteiger charge is 2.10. The lowest BCUT2D eigenvalue weighted by molar-refractivity contribution is -0.144. The first-order valence-electron chi connectivity index (χ1n) is 7.26. The molecule has 2 aromatic carbocycles. The van der Waals surface area contributed by atoms with Crippen LogP contribution in [-0.2, 0) is 22.5 Å². The molecule has 6 nitrogen and oxygen atoms in total. The zero-order chi connectivity index (χ0) is 16.1. The van der Waals surface area contributed by atoms with Gasteiger partial charge in [0.2, 0.25) is 0 Å². The van der Waals surface area contributed by atoms with Crippen molar-refractivity contribution in [2.24, 2.45) is 0 Å². The number of rotatable bonds is 5. The molecular weight excluding hydrogens is 294 g/mol. The number of ether oxygens (including phenoxy) is 1. The first-order chi connectivity index (χ1) is 11.2. The highest BCUT2D eigenvalue weighted by molar-refractivity contribution is 5.77. The van der Waals surface area contributed by atoms with Crippen LogP contribution in [0.2, 0.25) is 0 Å². The first-order valence-corrected chi connectivity index (χ1v) is 7.26. The van der Waals surface area contributed by atoms with E-state index in [1.54, 1.807) is 24.3 Å². The Kier molecular flexibility index (Phi) is 4.42. The number of carbonyl (C=O) groups is 1. The van der Waals surface area contributed by atoms with Crippen LogP contribution in [0.15, 0.2) is 59.4 Å². The van der Waals surface area contributed by atoms with E-state index in [0.717, 1.165) is 10.2 Å². The molecule has 6 heteroatoms. The third kappa shape index (κ3) is 3.60. The molecule has 0 aliphatic rings. The molecule has 0 saturated carbocycles. The number of hydrogen-bond donors (Lipinski definition) is 0. The van der Waals surface area contributed by atoms with Crippen molar-refractivity contribution in [1.29, 1.82) is 0 Å². The molecule has 1 heterocycles. The smallest absolute Gasteiger partial charge is 0.327 e. The van der Waals surface area contributed by atoms with Crippen LogP contribution in [0.3, 0.4) is 0 Å². The molecule has 3 aromatic rings. The number of benzene rings is 2. The number of hydrogen-bond acceptors (Lipinski definition) is 5. The van der Waals surface area contributed by atoms with E-state index in [-0.39, 0.29) is 18.7 Å². The molecule has 0 saturated heterocycles. The Labute approximate surface area is 132 Å². The maximum absolute atomic E-state index is 12.2. The van der Waals surface area contributed by atoms with E-state index < -0.39 is 5.97 Å². The molecular formula is C17H15N3O3. The van der Waals surface area contributed by atoms with Gasteiger partial charge in [0.15, 0.2) is 0 Å². The van der Waals surface area contributed by atoms with Gasteiger partial charge in [0.05, 0.1) is 12.0 Å². The van der Waals surface area contributed by atoms with Crippen LogP contribution in [0.25, 0.3) is 10.9 Å². The van der Waals surface area contributed by atoms with Crippen LogP contribution in [-0.4, -0.2) is 27.6 Å². The molecule has 0 radical (unpaired) electrons. The standard InChI is InChI=1S/C17H15N3O3/c21-16(23-11-10-13-6-2-1-3-7-13)12-20-17(22)14-8-4-5-9-15(14)18-19-20/h1-9H,10-12H2. The third-order valence-corrected chi connectivity index (χ3v) is 3.40. The maximum Gasteiger partial charge on any atom is 0.327 e. The minimum Gasteiger partial charge on any atom is -0.464 e. The topological polar surface area (TPSA) is 74.1 Å². The fourth-order valence-electron chi connectivity index (χ4n) is 2.22. The number of esters is 1. The molecule has 0 fully saturated rings. The lowest BCUT2D eigenvalue weighted by Gasteiger charge is -2.06. The van der Waals surface area contributed by atoms with E-state index in [2.05, 4.69) is 10.3 Å². The molecule has 23 heavy (non-hydrogen) atoms. The molecule has 116 valence electrons. The molecule has 0 aliphatic carbocycles. The minimum atomic E-state index is -0.507. The normalized spacial score (nSPS) is 10.6. The molecule has 0 unspecified atom stereocenters. The van der Waals surface area contributed by atoms with E-state index >= 15 is 0 Å². The summed E-state index contributed by atoms with van der Waals surface area (Å²) in [7, 11) is 0. The van der Waals surface area contributed by atoms with E-state index in [9.17, 15) is 9.59 Å². The van der Waals surface area contributed by atoms with Crippen molar-refractivity contribution in [3.63, 3.8) is 0 Å². The van der Waals surface area contributed by atoms with Gasteiger partial charge in [-0.05, 0) is 17.7 Å². The van der Waals surface area contributed by atoms with Gasteiger partial charge in [0.25, 0.3) is 5.56 Å². The molecule has 0 spiro atoms. The van der Waals surface area contributed by atoms with Gasteiger partial charge in [-0.2, -0.15) is 4.68 Å². The third-order valence-electron chi connectivity index (χ3n) is 3.40. The Hall–Kier alpha value is -3.02. The molecule has 0 aliphatic heterocycles. The number of nitrogens with zero attached hydrogens (tertiary/aromatic N) is 3. The summed E-state index contributed by atoms with van der Waals surface area (Å²) in [6.07, 6.45) is 0.630. The molecule has 0 amide bonds.